The monoisotopic (exact) mass is 602 g/mol. The SMILES string of the molecule is Cc1cc(C)cc(P(=O)(O[C@H](C)[C@@H](C)OP(=O)(c2cc(C)cc(C)c2)c2cc(C)cc(C)c2)c2cc(C)cc(C)c2)c1. The maximum absolute atomic E-state index is 15.1. The average Bonchev–Trinajstić information content (AvgIpc) is 2.86. The molecule has 0 aliphatic rings. The maximum atomic E-state index is 15.1. The van der Waals surface area contributed by atoms with Crippen LogP contribution in [-0.2, 0) is 18.2 Å². The first-order chi connectivity index (χ1) is 19.6. The van der Waals surface area contributed by atoms with E-state index in [0.717, 1.165) is 44.5 Å². The molecule has 4 rings (SSSR count). The predicted octanol–water partition coefficient (Wildman–Crippen LogP) is 8.12. The molecule has 6 heteroatoms. The molecule has 222 valence electrons. The topological polar surface area (TPSA) is 52.6 Å². The summed E-state index contributed by atoms with van der Waals surface area (Å²) in [6.45, 7) is 19.7. The molecule has 0 aromatic heterocycles. The van der Waals surface area contributed by atoms with Crippen LogP contribution in [0.5, 0.6) is 0 Å². The van der Waals surface area contributed by atoms with Crippen molar-refractivity contribution in [1.82, 2.24) is 0 Å². The van der Waals surface area contributed by atoms with Crippen molar-refractivity contribution in [2.45, 2.75) is 81.4 Å². The van der Waals surface area contributed by atoms with Gasteiger partial charge in [-0.05, 0) is 118 Å². The van der Waals surface area contributed by atoms with Gasteiger partial charge in [0.2, 0.25) is 0 Å². The maximum Gasteiger partial charge on any atom is 0.261 e. The molecule has 2 atom stereocenters. The molecule has 0 amide bonds. The number of hydrogen-bond donors (Lipinski definition) is 0. The van der Waals surface area contributed by atoms with E-state index < -0.39 is 26.9 Å². The predicted molar refractivity (Wildman–Crippen MR) is 179 cm³/mol. The van der Waals surface area contributed by atoms with Crippen molar-refractivity contribution in [3.05, 3.63) is 117 Å². The lowest BCUT2D eigenvalue weighted by atomic mass is 10.2. The largest absolute Gasteiger partial charge is 0.316 e. The van der Waals surface area contributed by atoms with Crippen LogP contribution in [0.4, 0.5) is 0 Å². The Labute approximate surface area is 252 Å². The van der Waals surface area contributed by atoms with E-state index in [4.69, 9.17) is 9.05 Å². The van der Waals surface area contributed by atoms with E-state index in [1.165, 1.54) is 0 Å². The standard InChI is InChI=1S/C36H44O4P2/c1-23-11-24(2)16-33(15-23)41(37,34-17-25(3)12-26(4)18-34)39-31(9)32(10)40-42(38,35-19-27(5)13-28(6)20-35)36-21-29(7)14-30(8)22-36/h11-22,31-32H,1-10H3/t31-,32-/m1/s1. The Balaban J connectivity index is 1.79. The van der Waals surface area contributed by atoms with Gasteiger partial charge in [0.05, 0.1) is 12.2 Å². The zero-order valence-electron chi connectivity index (χ0n) is 26.6. The van der Waals surface area contributed by atoms with Gasteiger partial charge in [0.25, 0.3) is 14.7 Å². The molecular formula is C36H44O4P2. The van der Waals surface area contributed by atoms with Crippen molar-refractivity contribution in [2.24, 2.45) is 0 Å². The molecule has 0 heterocycles. The zero-order valence-corrected chi connectivity index (χ0v) is 28.4. The summed E-state index contributed by atoms with van der Waals surface area (Å²) in [6.07, 6.45) is -1.27. The van der Waals surface area contributed by atoms with Crippen LogP contribution in [0.25, 0.3) is 0 Å². The Bertz CT molecular complexity index is 1400. The Morgan fingerprint density at radius 2 is 0.548 bits per heavy atom. The molecule has 0 aliphatic heterocycles. The highest BCUT2D eigenvalue weighted by molar-refractivity contribution is 7.74. The van der Waals surface area contributed by atoms with Gasteiger partial charge in [0, 0.05) is 21.2 Å². The van der Waals surface area contributed by atoms with Crippen LogP contribution in [0.3, 0.4) is 0 Å². The number of rotatable bonds is 9. The molecule has 4 nitrogen and oxygen atoms in total. The second kappa shape index (κ2) is 12.5. The Morgan fingerprint density at radius 3 is 0.714 bits per heavy atom. The molecular weight excluding hydrogens is 558 g/mol. The Kier molecular flexibility index (Phi) is 9.56. The highest BCUT2D eigenvalue weighted by Gasteiger charge is 2.38. The third kappa shape index (κ3) is 7.07. The molecule has 0 radical (unpaired) electrons. The quantitative estimate of drug-likeness (QED) is 0.182. The van der Waals surface area contributed by atoms with E-state index in [-0.39, 0.29) is 0 Å². The fourth-order valence-electron chi connectivity index (χ4n) is 5.66. The van der Waals surface area contributed by atoms with Crippen molar-refractivity contribution in [1.29, 1.82) is 0 Å². The van der Waals surface area contributed by atoms with Gasteiger partial charge in [-0.1, -0.05) is 68.8 Å². The van der Waals surface area contributed by atoms with Crippen LogP contribution < -0.4 is 21.2 Å². The fourth-order valence-corrected chi connectivity index (χ4v) is 11.0. The number of aryl methyl sites for hydroxylation is 8. The minimum Gasteiger partial charge on any atom is -0.316 e. The highest BCUT2D eigenvalue weighted by atomic mass is 31.2. The van der Waals surface area contributed by atoms with Gasteiger partial charge in [0.1, 0.15) is 0 Å². The first kappa shape index (κ1) is 32.2. The summed E-state index contributed by atoms with van der Waals surface area (Å²) in [7, 11) is -7.10. The highest BCUT2D eigenvalue weighted by Crippen LogP contribution is 2.51. The molecule has 0 fully saturated rings. The summed E-state index contributed by atoms with van der Waals surface area (Å²) < 4.78 is 43.4. The minimum atomic E-state index is -3.55. The molecule has 0 saturated heterocycles. The molecule has 0 N–H and O–H groups in total. The minimum absolute atomic E-state index is 0.636. The van der Waals surface area contributed by atoms with Crippen LogP contribution >= 0.6 is 14.7 Å². The van der Waals surface area contributed by atoms with Crippen molar-refractivity contribution in [3.63, 3.8) is 0 Å². The van der Waals surface area contributed by atoms with Gasteiger partial charge in [-0.2, -0.15) is 0 Å². The van der Waals surface area contributed by atoms with Gasteiger partial charge >= 0.3 is 0 Å². The van der Waals surface area contributed by atoms with Gasteiger partial charge in [0.15, 0.2) is 0 Å². The van der Waals surface area contributed by atoms with Crippen molar-refractivity contribution < 1.29 is 18.2 Å². The van der Waals surface area contributed by atoms with Crippen LogP contribution in [0.2, 0.25) is 0 Å². The summed E-state index contributed by atoms with van der Waals surface area (Å²) in [5, 5.41) is 2.60. The molecule has 4 aromatic rings. The second-order valence-corrected chi connectivity index (χ2v) is 16.8. The summed E-state index contributed by atoms with van der Waals surface area (Å²) in [6, 6.07) is 23.8. The molecule has 42 heavy (non-hydrogen) atoms. The number of benzene rings is 4. The Morgan fingerprint density at radius 1 is 0.381 bits per heavy atom. The molecule has 0 aliphatic carbocycles. The second-order valence-electron chi connectivity index (χ2n) is 12.1. The molecule has 0 spiro atoms. The normalized spacial score (nSPS) is 13.7. The zero-order chi connectivity index (χ0) is 31.0. The van der Waals surface area contributed by atoms with E-state index in [1.54, 1.807) is 0 Å². The summed E-state index contributed by atoms with van der Waals surface area (Å²) >= 11 is 0. The van der Waals surface area contributed by atoms with Gasteiger partial charge < -0.3 is 9.05 Å². The van der Waals surface area contributed by atoms with E-state index >= 15 is 9.13 Å². The van der Waals surface area contributed by atoms with E-state index in [1.807, 2.05) is 118 Å². The fraction of sp³-hybridized carbons (Fsp3) is 0.333. The summed E-state index contributed by atoms with van der Waals surface area (Å²) in [4.78, 5) is 0. The van der Waals surface area contributed by atoms with E-state index in [2.05, 4.69) is 24.3 Å². The third-order valence-electron chi connectivity index (χ3n) is 7.48. The van der Waals surface area contributed by atoms with Crippen LogP contribution in [0, 0.1) is 55.4 Å². The average molecular weight is 603 g/mol. The first-order valence-corrected chi connectivity index (χ1v) is 17.8. The van der Waals surface area contributed by atoms with Gasteiger partial charge in [-0.3, -0.25) is 9.13 Å². The van der Waals surface area contributed by atoms with Crippen LogP contribution in [0.15, 0.2) is 72.8 Å². The van der Waals surface area contributed by atoms with Crippen molar-refractivity contribution >= 4 is 36.0 Å². The first-order valence-electron chi connectivity index (χ1n) is 14.5. The molecule has 0 saturated carbocycles. The van der Waals surface area contributed by atoms with Crippen LogP contribution in [0.1, 0.15) is 58.4 Å². The lowest BCUT2D eigenvalue weighted by Crippen LogP contribution is -2.32. The van der Waals surface area contributed by atoms with E-state index in [0.29, 0.717) is 21.2 Å². The smallest absolute Gasteiger partial charge is 0.261 e. The number of hydrogen-bond acceptors (Lipinski definition) is 4. The van der Waals surface area contributed by atoms with Gasteiger partial charge in [-0.25, -0.2) is 0 Å². The summed E-state index contributed by atoms with van der Waals surface area (Å²) in [5.74, 6) is 0. The van der Waals surface area contributed by atoms with Crippen molar-refractivity contribution in [2.75, 3.05) is 0 Å². The van der Waals surface area contributed by atoms with E-state index in [9.17, 15) is 0 Å². The van der Waals surface area contributed by atoms with Crippen molar-refractivity contribution in [3.8, 4) is 0 Å². The lowest BCUT2D eigenvalue weighted by Gasteiger charge is -2.31. The third-order valence-corrected chi connectivity index (χ3v) is 12.5. The summed E-state index contributed by atoms with van der Waals surface area (Å²) in [5.41, 5.74) is 8.14. The Hall–Kier alpha value is -2.74. The molecule has 0 bridgehead atoms. The molecule has 0 unspecified atom stereocenters. The van der Waals surface area contributed by atoms with Crippen LogP contribution in [-0.4, -0.2) is 12.2 Å². The molecule has 4 aromatic carbocycles. The lowest BCUT2D eigenvalue weighted by molar-refractivity contribution is 0.0883. The van der Waals surface area contributed by atoms with Gasteiger partial charge in [-0.15, -0.1) is 0 Å².